The van der Waals surface area contributed by atoms with E-state index in [9.17, 15) is 4.79 Å². The highest BCUT2D eigenvalue weighted by Gasteiger charge is 2.17. The van der Waals surface area contributed by atoms with Gasteiger partial charge in [0.15, 0.2) is 5.65 Å². The first-order valence-electron chi connectivity index (χ1n) is 8.71. The van der Waals surface area contributed by atoms with Gasteiger partial charge in [-0.3, -0.25) is 9.48 Å². The fourth-order valence-electron chi connectivity index (χ4n) is 3.08. The molecule has 0 aliphatic heterocycles. The van der Waals surface area contributed by atoms with Crippen molar-refractivity contribution in [2.45, 2.75) is 40.0 Å². The second-order valence-electron chi connectivity index (χ2n) is 6.47. The van der Waals surface area contributed by atoms with Crippen LogP contribution >= 0.6 is 0 Å². The summed E-state index contributed by atoms with van der Waals surface area (Å²) in [5.74, 6) is -0.132. The van der Waals surface area contributed by atoms with E-state index in [2.05, 4.69) is 34.5 Å². The van der Waals surface area contributed by atoms with Crippen LogP contribution in [-0.4, -0.2) is 20.7 Å². The Morgan fingerprint density at radius 2 is 1.92 bits per heavy atom. The Hall–Kier alpha value is -2.69. The summed E-state index contributed by atoms with van der Waals surface area (Å²) in [5.41, 5.74) is 5.06. The normalized spacial score (nSPS) is 11.0. The minimum absolute atomic E-state index is 0.132. The number of aryl methyl sites for hydroxylation is 4. The number of carbonyl (C=O) groups excluding carboxylic acids is 1. The molecule has 0 fully saturated rings. The molecule has 5 heteroatoms. The van der Waals surface area contributed by atoms with Crippen molar-refractivity contribution < 1.29 is 4.79 Å². The number of pyridine rings is 1. The lowest BCUT2D eigenvalue weighted by molar-refractivity contribution is 0.102. The zero-order valence-electron chi connectivity index (χ0n) is 15.3. The lowest BCUT2D eigenvalue weighted by atomic mass is 10.1. The van der Waals surface area contributed by atoms with Crippen LogP contribution in [0.15, 0.2) is 30.3 Å². The highest BCUT2D eigenvalue weighted by atomic mass is 16.1. The van der Waals surface area contributed by atoms with Gasteiger partial charge in [-0.25, -0.2) is 4.98 Å². The lowest BCUT2D eigenvalue weighted by Gasteiger charge is -2.09. The van der Waals surface area contributed by atoms with Gasteiger partial charge >= 0.3 is 0 Å². The monoisotopic (exact) mass is 336 g/mol. The molecule has 0 spiro atoms. The number of nitrogens with one attached hydrogen (secondary N) is 1. The van der Waals surface area contributed by atoms with Gasteiger partial charge < -0.3 is 5.32 Å². The minimum atomic E-state index is -0.132. The maximum absolute atomic E-state index is 12.8. The van der Waals surface area contributed by atoms with E-state index in [1.165, 1.54) is 18.4 Å². The van der Waals surface area contributed by atoms with E-state index in [0.717, 1.165) is 34.5 Å². The molecule has 3 rings (SSSR count). The van der Waals surface area contributed by atoms with Gasteiger partial charge in [-0.1, -0.05) is 25.5 Å². The highest BCUT2D eigenvalue weighted by molar-refractivity contribution is 6.12. The van der Waals surface area contributed by atoms with Crippen molar-refractivity contribution in [1.29, 1.82) is 0 Å². The molecule has 25 heavy (non-hydrogen) atoms. The summed E-state index contributed by atoms with van der Waals surface area (Å²) in [5, 5.41) is 8.20. The van der Waals surface area contributed by atoms with Crippen LogP contribution in [-0.2, 0) is 13.5 Å². The number of hydrogen-bond acceptors (Lipinski definition) is 3. The third-order valence-electron chi connectivity index (χ3n) is 4.37. The summed E-state index contributed by atoms with van der Waals surface area (Å²) in [4.78, 5) is 17.3. The molecular formula is C20H24N4O. The highest BCUT2D eigenvalue weighted by Crippen LogP contribution is 2.23. The minimum Gasteiger partial charge on any atom is -0.322 e. The molecule has 2 heterocycles. The maximum atomic E-state index is 12.8. The molecule has 2 aromatic heterocycles. The van der Waals surface area contributed by atoms with Gasteiger partial charge in [0.25, 0.3) is 5.91 Å². The van der Waals surface area contributed by atoms with Crippen molar-refractivity contribution in [2.24, 2.45) is 7.05 Å². The molecule has 130 valence electrons. The van der Waals surface area contributed by atoms with Crippen molar-refractivity contribution in [2.75, 3.05) is 5.32 Å². The Kier molecular flexibility index (Phi) is 4.83. The Balaban J connectivity index is 1.87. The molecule has 0 bridgehead atoms. The fourth-order valence-corrected chi connectivity index (χ4v) is 3.08. The summed E-state index contributed by atoms with van der Waals surface area (Å²) in [6.07, 6.45) is 3.43. The van der Waals surface area contributed by atoms with Crippen LogP contribution in [0.25, 0.3) is 11.0 Å². The lowest BCUT2D eigenvalue weighted by Crippen LogP contribution is -2.13. The Bertz CT molecular complexity index is 910. The van der Waals surface area contributed by atoms with E-state index in [4.69, 9.17) is 0 Å². The topological polar surface area (TPSA) is 59.8 Å². The smallest absolute Gasteiger partial charge is 0.256 e. The standard InChI is InChI=1S/C20H24N4O/c1-5-6-7-15-8-10-16(11-9-15)22-20(25)17-12-13(2)21-19-18(17)14(3)23-24(19)4/h8-12H,5-7H2,1-4H3,(H,22,25). The molecule has 5 nitrogen and oxygen atoms in total. The summed E-state index contributed by atoms with van der Waals surface area (Å²) in [7, 11) is 1.85. The number of nitrogens with zero attached hydrogens (tertiary/aromatic N) is 3. The predicted molar refractivity (Wildman–Crippen MR) is 101 cm³/mol. The van der Waals surface area contributed by atoms with E-state index in [1.807, 2.05) is 39.1 Å². The molecule has 0 aliphatic rings. The molecule has 3 aromatic rings. The number of hydrogen-bond donors (Lipinski definition) is 1. The van der Waals surface area contributed by atoms with Gasteiger partial charge in [0, 0.05) is 18.4 Å². The molecule has 0 atom stereocenters. The molecule has 1 N–H and O–H groups in total. The summed E-state index contributed by atoms with van der Waals surface area (Å²) >= 11 is 0. The first-order chi connectivity index (χ1) is 12.0. The number of fused-ring (bicyclic) bond motifs is 1. The Morgan fingerprint density at radius 1 is 1.20 bits per heavy atom. The van der Waals surface area contributed by atoms with E-state index < -0.39 is 0 Å². The van der Waals surface area contributed by atoms with E-state index in [1.54, 1.807) is 4.68 Å². The number of unbranched alkanes of at least 4 members (excludes halogenated alkanes) is 1. The van der Waals surface area contributed by atoms with Crippen LogP contribution in [0.2, 0.25) is 0 Å². The maximum Gasteiger partial charge on any atom is 0.256 e. The molecule has 0 aliphatic carbocycles. The van der Waals surface area contributed by atoms with E-state index >= 15 is 0 Å². The third-order valence-corrected chi connectivity index (χ3v) is 4.37. The van der Waals surface area contributed by atoms with Gasteiger partial charge in [-0.15, -0.1) is 0 Å². The van der Waals surface area contributed by atoms with Gasteiger partial charge in [0.05, 0.1) is 16.6 Å². The van der Waals surface area contributed by atoms with E-state index in [0.29, 0.717) is 5.56 Å². The molecule has 1 aromatic carbocycles. The van der Waals surface area contributed by atoms with Crippen molar-refractivity contribution in [3.63, 3.8) is 0 Å². The molecule has 0 saturated carbocycles. The second kappa shape index (κ2) is 7.05. The Morgan fingerprint density at radius 3 is 2.60 bits per heavy atom. The van der Waals surface area contributed by atoms with Gasteiger partial charge in [-0.05, 0) is 50.5 Å². The van der Waals surface area contributed by atoms with Crippen LogP contribution in [0.1, 0.15) is 47.1 Å². The SMILES string of the molecule is CCCCc1ccc(NC(=O)c2cc(C)nc3c2c(C)nn3C)cc1. The molecule has 0 saturated heterocycles. The van der Waals surface area contributed by atoms with Crippen molar-refractivity contribution in [1.82, 2.24) is 14.8 Å². The van der Waals surface area contributed by atoms with Crippen LogP contribution < -0.4 is 5.32 Å². The van der Waals surface area contributed by atoms with Crippen molar-refractivity contribution in [3.8, 4) is 0 Å². The molecule has 0 unspecified atom stereocenters. The quantitative estimate of drug-likeness (QED) is 0.760. The van der Waals surface area contributed by atoms with Crippen LogP contribution in [0.4, 0.5) is 5.69 Å². The molecule has 0 radical (unpaired) electrons. The number of amides is 1. The molecule has 1 amide bonds. The van der Waals surface area contributed by atoms with Crippen LogP contribution in [0.3, 0.4) is 0 Å². The summed E-state index contributed by atoms with van der Waals surface area (Å²) < 4.78 is 1.72. The van der Waals surface area contributed by atoms with Crippen LogP contribution in [0.5, 0.6) is 0 Å². The predicted octanol–water partition coefficient (Wildman–Crippen LogP) is 4.18. The summed E-state index contributed by atoms with van der Waals surface area (Å²) in [6.45, 7) is 5.98. The average Bonchev–Trinajstić information content (AvgIpc) is 2.87. The van der Waals surface area contributed by atoms with Gasteiger partial charge in [0.2, 0.25) is 0 Å². The van der Waals surface area contributed by atoms with Gasteiger partial charge in [0.1, 0.15) is 0 Å². The van der Waals surface area contributed by atoms with Crippen molar-refractivity contribution in [3.05, 3.63) is 52.8 Å². The number of anilines is 1. The zero-order chi connectivity index (χ0) is 18.0. The number of benzene rings is 1. The third kappa shape index (κ3) is 3.55. The molecular weight excluding hydrogens is 312 g/mol. The van der Waals surface area contributed by atoms with E-state index in [-0.39, 0.29) is 5.91 Å². The fraction of sp³-hybridized carbons (Fsp3) is 0.350. The number of aromatic nitrogens is 3. The van der Waals surface area contributed by atoms with Crippen LogP contribution in [0, 0.1) is 13.8 Å². The first-order valence-corrected chi connectivity index (χ1v) is 8.71. The first kappa shape index (κ1) is 17.1. The largest absolute Gasteiger partial charge is 0.322 e. The van der Waals surface area contributed by atoms with Crippen molar-refractivity contribution >= 4 is 22.6 Å². The Labute approximate surface area is 148 Å². The number of rotatable bonds is 5. The zero-order valence-corrected chi connectivity index (χ0v) is 15.3. The second-order valence-corrected chi connectivity index (χ2v) is 6.47. The summed E-state index contributed by atoms with van der Waals surface area (Å²) in [6, 6.07) is 9.90. The number of carbonyl (C=O) groups is 1. The van der Waals surface area contributed by atoms with Gasteiger partial charge in [-0.2, -0.15) is 5.10 Å². The average molecular weight is 336 g/mol.